The monoisotopic (exact) mass is 438 g/mol. The zero-order valence-electron chi connectivity index (χ0n) is 17.7. The highest BCUT2D eigenvalue weighted by atomic mass is 32.2. The lowest BCUT2D eigenvalue weighted by Gasteiger charge is -2.50. The molecular formula is C23H26N4O3S. The summed E-state index contributed by atoms with van der Waals surface area (Å²) in [5.74, 6) is -0.515. The number of aryl methyl sites for hydroxylation is 1. The number of amides is 3. The number of ketones is 1. The maximum Gasteiger partial charge on any atom is 0.327 e. The summed E-state index contributed by atoms with van der Waals surface area (Å²) in [6.07, 6.45) is -0.718. The van der Waals surface area contributed by atoms with Gasteiger partial charge in [-0.15, -0.1) is 11.8 Å². The molecular weight excluding hydrogens is 412 g/mol. The van der Waals surface area contributed by atoms with E-state index in [2.05, 4.69) is 10.6 Å². The van der Waals surface area contributed by atoms with E-state index in [0.717, 1.165) is 16.0 Å². The smallest absolute Gasteiger partial charge is 0.311 e. The molecule has 2 aromatic rings. The highest BCUT2D eigenvalue weighted by Gasteiger charge is 2.51. The van der Waals surface area contributed by atoms with Crippen LogP contribution in [0.25, 0.3) is 0 Å². The number of hydrogen-bond acceptors (Lipinski definition) is 6. The van der Waals surface area contributed by atoms with Gasteiger partial charge in [0.05, 0.1) is 29.4 Å². The lowest BCUT2D eigenvalue weighted by molar-refractivity contribution is -0.140. The van der Waals surface area contributed by atoms with Crippen LogP contribution in [0.15, 0.2) is 54.6 Å². The molecule has 0 aliphatic carbocycles. The van der Waals surface area contributed by atoms with Gasteiger partial charge in [-0.1, -0.05) is 54.6 Å². The Morgan fingerprint density at radius 2 is 1.68 bits per heavy atom. The topological polar surface area (TPSA) is 81.8 Å². The molecule has 2 aliphatic rings. The highest BCUT2D eigenvalue weighted by molar-refractivity contribution is 8.00. The Bertz CT molecular complexity index is 999. The fraction of sp³-hybridized carbons (Fsp3) is 0.348. The second-order valence-corrected chi connectivity index (χ2v) is 9.03. The van der Waals surface area contributed by atoms with Crippen molar-refractivity contribution >= 4 is 29.5 Å². The lowest BCUT2D eigenvalue weighted by atomic mass is 9.95. The van der Waals surface area contributed by atoms with E-state index in [0.29, 0.717) is 5.56 Å². The number of fused-ring (bicyclic) bond motifs is 1. The van der Waals surface area contributed by atoms with Crippen LogP contribution in [0, 0.1) is 12.8 Å². The number of rotatable bonds is 5. The number of carbonyl (C=O) groups is 3. The van der Waals surface area contributed by atoms with Crippen LogP contribution >= 0.6 is 11.8 Å². The Kier molecular flexibility index (Phi) is 6.13. The zero-order chi connectivity index (χ0) is 22.1. The molecule has 2 N–H and O–H groups in total. The van der Waals surface area contributed by atoms with E-state index >= 15 is 0 Å². The summed E-state index contributed by atoms with van der Waals surface area (Å²) in [6, 6.07) is 16.8. The first-order valence-electron chi connectivity index (χ1n) is 10.2. The molecule has 2 aromatic carbocycles. The molecule has 4 rings (SSSR count). The van der Waals surface area contributed by atoms with Gasteiger partial charge < -0.3 is 4.90 Å². The number of urea groups is 1. The molecule has 0 bridgehead atoms. The standard InChI is InChI=1S/C23H26N4O3S/c1-14-9-7-8-12-16(14)19-24-20-18(22(29)27(3)23(30)26(20)2)21(25-19)31-13-17(28)15-10-5-4-6-11-15/h4-12,18-21,24-25H,13H2,1-3H3. The van der Waals surface area contributed by atoms with Crippen LogP contribution in [0.2, 0.25) is 0 Å². The fourth-order valence-electron chi connectivity index (χ4n) is 4.16. The third kappa shape index (κ3) is 4.11. The molecule has 0 saturated carbocycles. The van der Waals surface area contributed by atoms with Gasteiger partial charge in [-0.05, 0) is 18.1 Å². The van der Waals surface area contributed by atoms with Crippen LogP contribution < -0.4 is 10.6 Å². The lowest BCUT2D eigenvalue weighted by Crippen LogP contribution is -2.72. The molecule has 8 heteroatoms. The van der Waals surface area contributed by atoms with Gasteiger partial charge in [0.15, 0.2) is 5.78 Å². The third-order valence-corrected chi connectivity index (χ3v) is 7.16. The molecule has 0 aromatic heterocycles. The van der Waals surface area contributed by atoms with Crippen molar-refractivity contribution in [3.63, 3.8) is 0 Å². The normalized spacial score (nSPS) is 26.0. The molecule has 2 aliphatic heterocycles. The maximum atomic E-state index is 13.1. The van der Waals surface area contributed by atoms with Crippen LogP contribution in [-0.2, 0) is 4.79 Å². The molecule has 0 radical (unpaired) electrons. The molecule has 2 fully saturated rings. The molecule has 2 heterocycles. The van der Waals surface area contributed by atoms with Gasteiger partial charge >= 0.3 is 6.03 Å². The molecule has 4 atom stereocenters. The molecule has 2 saturated heterocycles. The van der Waals surface area contributed by atoms with Crippen molar-refractivity contribution in [3.8, 4) is 0 Å². The predicted octanol–water partition coefficient (Wildman–Crippen LogP) is 2.59. The summed E-state index contributed by atoms with van der Waals surface area (Å²) in [6.45, 7) is 2.03. The number of imide groups is 1. The van der Waals surface area contributed by atoms with Crippen molar-refractivity contribution in [2.24, 2.45) is 5.92 Å². The van der Waals surface area contributed by atoms with Gasteiger partial charge in [0, 0.05) is 19.7 Å². The van der Waals surface area contributed by atoms with E-state index in [1.807, 2.05) is 49.4 Å². The molecule has 31 heavy (non-hydrogen) atoms. The van der Waals surface area contributed by atoms with E-state index in [4.69, 9.17) is 0 Å². The minimum Gasteiger partial charge on any atom is -0.311 e. The number of benzene rings is 2. The summed E-state index contributed by atoms with van der Waals surface area (Å²) in [5, 5.41) is 6.62. The Balaban J connectivity index is 1.61. The average molecular weight is 439 g/mol. The molecule has 4 unspecified atom stereocenters. The van der Waals surface area contributed by atoms with Crippen molar-refractivity contribution in [1.82, 2.24) is 20.4 Å². The van der Waals surface area contributed by atoms with Crippen molar-refractivity contribution in [2.45, 2.75) is 24.6 Å². The summed E-state index contributed by atoms with van der Waals surface area (Å²) in [4.78, 5) is 41.0. The van der Waals surface area contributed by atoms with Gasteiger partial charge in [-0.25, -0.2) is 4.79 Å². The van der Waals surface area contributed by atoms with Crippen LogP contribution in [0.1, 0.15) is 27.7 Å². The number of carbonyl (C=O) groups excluding carboxylic acids is 3. The maximum absolute atomic E-state index is 13.1. The number of Topliss-reactive ketones (excluding diaryl/α,β-unsaturated/α-hetero) is 1. The molecule has 162 valence electrons. The van der Waals surface area contributed by atoms with Gasteiger partial charge in [0.2, 0.25) is 5.91 Å². The average Bonchev–Trinajstić information content (AvgIpc) is 2.80. The van der Waals surface area contributed by atoms with E-state index in [-0.39, 0.29) is 35.0 Å². The number of hydrogen-bond donors (Lipinski definition) is 2. The second-order valence-electron chi connectivity index (χ2n) is 7.91. The SMILES string of the molecule is Cc1ccccc1C1NC(SCC(=O)c2ccccc2)C2C(=O)N(C)C(=O)N(C)C2N1. The summed E-state index contributed by atoms with van der Waals surface area (Å²) < 4.78 is 0. The van der Waals surface area contributed by atoms with E-state index in [1.54, 1.807) is 24.1 Å². The molecule has 7 nitrogen and oxygen atoms in total. The Morgan fingerprint density at radius 3 is 2.39 bits per heavy atom. The third-order valence-electron chi connectivity index (χ3n) is 5.95. The van der Waals surface area contributed by atoms with E-state index < -0.39 is 12.1 Å². The van der Waals surface area contributed by atoms with E-state index in [1.165, 1.54) is 18.8 Å². The van der Waals surface area contributed by atoms with Crippen LogP contribution in [0.4, 0.5) is 4.79 Å². The fourth-order valence-corrected chi connectivity index (χ4v) is 5.36. The van der Waals surface area contributed by atoms with Gasteiger partial charge in [-0.3, -0.25) is 25.1 Å². The largest absolute Gasteiger partial charge is 0.327 e. The zero-order valence-corrected chi connectivity index (χ0v) is 18.6. The van der Waals surface area contributed by atoms with Gasteiger partial charge in [0.1, 0.15) is 0 Å². The molecule has 3 amide bonds. The summed E-state index contributed by atoms with van der Waals surface area (Å²) in [7, 11) is 3.20. The van der Waals surface area contributed by atoms with Crippen LogP contribution in [0.5, 0.6) is 0 Å². The summed E-state index contributed by atoms with van der Waals surface area (Å²) in [5.41, 5.74) is 2.80. The first-order chi connectivity index (χ1) is 14.9. The number of nitrogens with zero attached hydrogens (tertiary/aromatic N) is 2. The Labute approximate surface area is 186 Å². The van der Waals surface area contributed by atoms with Crippen molar-refractivity contribution in [2.75, 3.05) is 19.8 Å². The van der Waals surface area contributed by atoms with Crippen molar-refractivity contribution < 1.29 is 14.4 Å². The first kappa shape index (κ1) is 21.5. The van der Waals surface area contributed by atoms with Crippen LogP contribution in [0.3, 0.4) is 0 Å². The minimum absolute atomic E-state index is 0.0102. The predicted molar refractivity (Wildman–Crippen MR) is 120 cm³/mol. The Morgan fingerprint density at radius 1 is 1.00 bits per heavy atom. The number of nitrogens with one attached hydrogen (secondary N) is 2. The minimum atomic E-state index is -0.512. The van der Waals surface area contributed by atoms with Crippen molar-refractivity contribution in [3.05, 3.63) is 71.3 Å². The first-order valence-corrected chi connectivity index (χ1v) is 11.2. The van der Waals surface area contributed by atoms with Gasteiger partial charge in [-0.2, -0.15) is 0 Å². The summed E-state index contributed by atoms with van der Waals surface area (Å²) >= 11 is 1.41. The number of thioether (sulfide) groups is 1. The quantitative estimate of drug-likeness (QED) is 0.699. The highest BCUT2D eigenvalue weighted by Crippen LogP contribution is 2.35. The second kappa shape index (κ2) is 8.82. The van der Waals surface area contributed by atoms with Gasteiger partial charge in [0.25, 0.3) is 0 Å². The van der Waals surface area contributed by atoms with E-state index in [9.17, 15) is 14.4 Å². The van der Waals surface area contributed by atoms with Crippen LogP contribution in [-0.4, -0.2) is 58.9 Å². The Hall–Kier alpha value is -2.68. The molecule has 0 spiro atoms. The van der Waals surface area contributed by atoms with Crippen molar-refractivity contribution in [1.29, 1.82) is 0 Å².